The van der Waals surface area contributed by atoms with Crippen molar-refractivity contribution in [2.45, 2.75) is 111 Å². The minimum absolute atomic E-state index is 0.587. The summed E-state index contributed by atoms with van der Waals surface area (Å²) in [4.78, 5) is 327. The molecule has 0 aromatic rings. The normalized spacial score (nSPS) is 40.3. The number of rotatable bonds is 0. The maximum Gasteiger partial charge on any atom is 0.326 e. The van der Waals surface area contributed by atoms with Crippen molar-refractivity contribution < 1.29 is 86.3 Å². The zero-order valence-electron chi connectivity index (χ0n) is 55.6. The number of amides is 36. The van der Waals surface area contributed by atoms with Crippen molar-refractivity contribution in [3.63, 3.8) is 0 Å². The molecule has 27 aliphatic heterocycles. The molecule has 0 aromatic carbocycles. The molecule has 108 heavy (non-hydrogen) atoms. The van der Waals surface area contributed by atoms with Crippen LogP contribution in [0.1, 0.15) is 0 Å². The molecule has 36 amide bonds. The molecule has 0 bridgehead atoms. The van der Waals surface area contributed by atoms with Gasteiger partial charge in [0.1, 0.15) is 120 Å². The van der Waals surface area contributed by atoms with E-state index in [1.807, 2.05) is 0 Å². The van der Waals surface area contributed by atoms with Crippen LogP contribution in [0.5, 0.6) is 0 Å². The quantitative estimate of drug-likeness (QED) is 0.217. The van der Waals surface area contributed by atoms with Gasteiger partial charge in [-0.05, 0) is 0 Å². The van der Waals surface area contributed by atoms with E-state index in [0.29, 0.717) is 0 Å². The van der Waals surface area contributed by atoms with Crippen LogP contribution in [0.3, 0.4) is 0 Å². The SMILES string of the molecule is O=C1N2CN3C(=O)N4CN5C(=O)N6CN7C(=O)N8CN9C(=O)N%10CN%11C(=O)N%12CN%13C(=O)N%14CN%15C(=O)N%16CN%17C(=O)N%18CN1C1C2N2CN%19C(=O)N(CN%20C(=O)N(CN%21C(=O)N(CN%22C(=O)N(CN%23C(=O)N(CN%24C(=O)N(CN%25C(=O)N(CN%26C(=O)N(CN1C2=O)C%18C%17%26)C%16C%15%25)C%14C%13%24)C%12C%11%23)C%10C9%22)C8C7%21)C6C5%20)C4C3%19. The van der Waals surface area contributed by atoms with Crippen LogP contribution in [0.15, 0.2) is 0 Å². The van der Waals surface area contributed by atoms with Gasteiger partial charge in [-0.1, -0.05) is 0 Å². The Morgan fingerprint density at radius 3 is 0.167 bits per heavy atom. The summed E-state index contributed by atoms with van der Waals surface area (Å²) in [7, 11) is 0. The number of carbonyl (C=O) groups is 18. The Hall–Kier alpha value is -13.1. The first-order chi connectivity index (χ1) is 52.1. The predicted octanol–water partition coefficient (Wildman–Crippen LogP) is -8.50. The Balaban J connectivity index is 0.599. The summed E-state index contributed by atoms with van der Waals surface area (Å²) in [5.74, 6) is 0. The van der Waals surface area contributed by atoms with E-state index in [9.17, 15) is 0 Å². The summed E-state index contributed by atoms with van der Waals surface area (Å²) in [6, 6.07) is -14.0. The molecule has 558 valence electrons. The first-order valence-corrected chi connectivity index (χ1v) is 35.4. The molecule has 54 nitrogen and oxygen atoms in total. The van der Waals surface area contributed by atoms with Gasteiger partial charge in [0.05, 0.1) is 0 Å². The Morgan fingerprint density at radius 1 is 0.0926 bits per heavy atom. The van der Waals surface area contributed by atoms with Gasteiger partial charge in [-0.25, -0.2) is 86.3 Å². The van der Waals surface area contributed by atoms with Crippen LogP contribution < -0.4 is 0 Å². The number of carbonyl (C=O) groups excluding carboxylic acids is 18. The summed E-state index contributed by atoms with van der Waals surface area (Å²) >= 11 is 0. The average Bonchev–Trinajstić information content (AvgIpc) is 1.52. The molecule has 0 aromatic heterocycles. The van der Waals surface area contributed by atoms with Crippen LogP contribution >= 0.6 is 0 Å². The number of urea groups is 18. The average molecular weight is 1500 g/mol. The molecule has 0 N–H and O–H groups in total. The number of nitrogens with zero attached hydrogens (tertiary/aromatic N) is 36. The van der Waals surface area contributed by atoms with Gasteiger partial charge in [0, 0.05) is 0 Å². The third-order valence-corrected chi connectivity index (χ3v) is 28.2. The molecule has 27 aliphatic rings. The molecule has 27 rings (SSSR count). The minimum atomic E-state index is -1.32. The Morgan fingerprint density at radius 2 is 0.130 bits per heavy atom. The van der Waals surface area contributed by atoms with Crippen LogP contribution in [0, 0.1) is 0 Å². The molecule has 27 fully saturated rings. The predicted molar refractivity (Wildman–Crippen MR) is 319 cm³/mol. The lowest BCUT2D eigenvalue weighted by Gasteiger charge is -2.42. The number of hydrogen-bond acceptors (Lipinski definition) is 18. The van der Waals surface area contributed by atoms with Crippen LogP contribution in [0.4, 0.5) is 86.3 Å². The van der Waals surface area contributed by atoms with Gasteiger partial charge in [-0.15, -0.1) is 0 Å². The summed E-state index contributed by atoms with van der Waals surface area (Å²) in [5, 5.41) is 0. The largest absolute Gasteiger partial charge is 0.326 e. The third kappa shape index (κ3) is 5.35. The Labute approximate surface area is 600 Å². The van der Waals surface area contributed by atoms with Crippen molar-refractivity contribution in [3.8, 4) is 0 Å². The highest BCUT2D eigenvalue weighted by Crippen LogP contribution is 2.54. The summed E-state index contributed by atoms with van der Waals surface area (Å²) in [5.41, 5.74) is 0. The Bertz CT molecular complexity index is 3370. The second-order valence-electron chi connectivity index (χ2n) is 32.0. The summed E-state index contributed by atoms with van der Waals surface area (Å²) in [6.07, 6.45) is -23.7. The maximum atomic E-state index is 15.7. The lowest BCUT2D eigenvalue weighted by molar-refractivity contribution is -0.0199. The van der Waals surface area contributed by atoms with E-state index >= 15 is 86.3 Å². The molecule has 0 atom stereocenters. The standard InChI is InChI=1S/C54H54N36O18/c91-37-55-1-56-20-22-60(38(56)92)4-64-24-26-68(42(64)96)8-72-28-30-76(46(72)100)12-80-32-34-84(50(80)104)16-88-36-35-87(53(88)107)15-83-33-31-79(49(83)103)11-75-29-27-71(45(75)99)7-67-25-23-63(41(67)95)3-59(37)21-19(55)57-2-58(20)40(94)62(22)6-66(24)44(98)70(26)10-74(28)48(102)78(30)14-82(32)52(106)86(34)18-90(36)54(108)89(35)17-85(33)51(105)81(31)13-77(29)47(101)73(27)9-69(25)43(97)65(23)5-61(21)39(57)93/h19-36H,1-18H2. The fourth-order valence-corrected chi connectivity index (χ4v) is 24.0. The minimum Gasteiger partial charge on any atom is -0.282 e. The van der Waals surface area contributed by atoms with Gasteiger partial charge >= 0.3 is 109 Å². The van der Waals surface area contributed by atoms with Crippen molar-refractivity contribution in [1.29, 1.82) is 0 Å². The lowest BCUT2D eigenvalue weighted by atomic mass is 10.3. The van der Waals surface area contributed by atoms with E-state index < -0.39 is 340 Å². The molecule has 0 saturated carbocycles. The molecule has 0 radical (unpaired) electrons. The van der Waals surface area contributed by atoms with E-state index in [4.69, 9.17) is 0 Å². The van der Waals surface area contributed by atoms with E-state index in [1.54, 1.807) is 0 Å². The zero-order valence-corrected chi connectivity index (χ0v) is 55.6. The summed E-state index contributed by atoms with van der Waals surface area (Å²) < 4.78 is 0. The van der Waals surface area contributed by atoms with Crippen molar-refractivity contribution in [1.82, 2.24) is 176 Å². The molecule has 27 heterocycles. The van der Waals surface area contributed by atoms with Gasteiger partial charge in [0.15, 0.2) is 111 Å². The second kappa shape index (κ2) is 16.6. The molecular formula is C54H54N36O18. The molecule has 0 aliphatic carbocycles. The molecular weight excluding hydrogens is 1440 g/mol. The van der Waals surface area contributed by atoms with E-state index in [2.05, 4.69) is 0 Å². The van der Waals surface area contributed by atoms with Gasteiger partial charge in [-0.3, -0.25) is 176 Å². The highest BCUT2D eigenvalue weighted by Gasteiger charge is 2.79. The van der Waals surface area contributed by atoms with Gasteiger partial charge in [-0.2, -0.15) is 0 Å². The van der Waals surface area contributed by atoms with Crippen molar-refractivity contribution in [3.05, 3.63) is 0 Å². The molecule has 0 spiro atoms. The van der Waals surface area contributed by atoms with Crippen LogP contribution in [0.2, 0.25) is 0 Å². The van der Waals surface area contributed by atoms with Crippen LogP contribution in [-0.2, 0) is 0 Å². The van der Waals surface area contributed by atoms with Gasteiger partial charge in [0.2, 0.25) is 0 Å². The fourth-order valence-electron chi connectivity index (χ4n) is 24.0. The van der Waals surface area contributed by atoms with Crippen LogP contribution in [-0.4, -0.2) is 516 Å². The van der Waals surface area contributed by atoms with Gasteiger partial charge in [0.25, 0.3) is 0 Å². The first kappa shape index (κ1) is 56.3. The monoisotopic (exact) mass is 1490 g/mol. The molecule has 0 unspecified atom stereocenters. The third-order valence-electron chi connectivity index (χ3n) is 28.2. The second-order valence-corrected chi connectivity index (χ2v) is 32.0. The smallest absolute Gasteiger partial charge is 0.282 e. The lowest BCUT2D eigenvalue weighted by Crippen LogP contribution is -2.63. The maximum absolute atomic E-state index is 15.7. The first-order valence-electron chi connectivity index (χ1n) is 35.4. The Kier molecular flexibility index (Phi) is 8.65. The molecule has 54 heteroatoms. The summed E-state index contributed by atoms with van der Waals surface area (Å²) in [6.45, 7) is -10.6. The van der Waals surface area contributed by atoms with Crippen LogP contribution in [0.25, 0.3) is 0 Å². The highest BCUT2D eigenvalue weighted by molar-refractivity contribution is 5.97. The van der Waals surface area contributed by atoms with Crippen molar-refractivity contribution in [2.75, 3.05) is 120 Å². The van der Waals surface area contributed by atoms with E-state index in [-0.39, 0.29) is 0 Å². The highest BCUT2D eigenvalue weighted by atomic mass is 16.3. The fraction of sp³-hybridized carbons (Fsp3) is 0.667. The topological polar surface area (TPSA) is 424 Å². The van der Waals surface area contributed by atoms with Gasteiger partial charge < -0.3 is 0 Å². The number of hydrogen-bond donors (Lipinski definition) is 0. The van der Waals surface area contributed by atoms with Crippen molar-refractivity contribution >= 4 is 109 Å². The van der Waals surface area contributed by atoms with Crippen molar-refractivity contribution in [2.24, 2.45) is 0 Å². The molecule has 27 saturated heterocycles. The van der Waals surface area contributed by atoms with E-state index in [0.717, 1.165) is 0 Å². The van der Waals surface area contributed by atoms with E-state index in [1.165, 1.54) is 176 Å². The zero-order chi connectivity index (χ0) is 72.3.